The largest absolute Gasteiger partial charge is 0.497 e. The zero-order valence-corrected chi connectivity index (χ0v) is 21.0. The lowest BCUT2D eigenvalue weighted by Crippen LogP contribution is -2.10. The lowest BCUT2D eigenvalue weighted by molar-refractivity contribution is -0.384. The first-order valence-electron chi connectivity index (χ1n) is 9.88. The van der Waals surface area contributed by atoms with Crippen LogP contribution in [0.3, 0.4) is 0 Å². The van der Waals surface area contributed by atoms with Crippen molar-refractivity contribution in [1.82, 2.24) is 0 Å². The number of nitrogens with zero attached hydrogens (tertiary/aromatic N) is 2. The van der Waals surface area contributed by atoms with Crippen molar-refractivity contribution >= 4 is 61.5 Å². The number of benzene rings is 3. The first-order valence-corrected chi connectivity index (χ1v) is 11.5. The molecule has 0 bridgehead atoms. The second-order valence-corrected chi connectivity index (χ2v) is 8.84. The van der Waals surface area contributed by atoms with E-state index in [1.807, 2.05) is 0 Å². The number of carbonyl (C=O) groups excluding carboxylic acids is 2. The Hall–Kier alpha value is -3.83. The number of nitro groups is 1. The van der Waals surface area contributed by atoms with Crippen molar-refractivity contribution in [3.05, 3.63) is 102 Å². The molecule has 0 saturated carbocycles. The minimum absolute atomic E-state index is 0.000421. The number of esters is 2. The molecule has 0 N–H and O–H groups in total. The fourth-order valence-corrected chi connectivity index (χ4v) is 4.44. The Morgan fingerprint density at radius 3 is 2.54 bits per heavy atom. The van der Waals surface area contributed by atoms with Crippen LogP contribution < -0.4 is 9.47 Å². The molecule has 35 heavy (non-hydrogen) atoms. The van der Waals surface area contributed by atoms with E-state index in [1.165, 1.54) is 37.5 Å². The molecule has 0 radical (unpaired) electrons. The number of ether oxygens (including phenoxy) is 3. The average Bonchev–Trinajstić information content (AvgIpc) is 3.21. The maximum Gasteiger partial charge on any atom is 0.363 e. The molecule has 0 aromatic heterocycles. The third-order valence-corrected chi connectivity index (χ3v) is 5.82. The summed E-state index contributed by atoms with van der Waals surface area (Å²) in [5.74, 6) is -0.598. The van der Waals surface area contributed by atoms with Crippen molar-refractivity contribution in [1.29, 1.82) is 0 Å². The highest BCUT2D eigenvalue weighted by molar-refractivity contribution is 9.11. The molecule has 0 spiro atoms. The van der Waals surface area contributed by atoms with Gasteiger partial charge in [0.15, 0.2) is 11.4 Å². The van der Waals surface area contributed by atoms with E-state index >= 15 is 0 Å². The number of hydrogen-bond acceptors (Lipinski definition) is 8. The van der Waals surface area contributed by atoms with Gasteiger partial charge in [-0.3, -0.25) is 10.1 Å². The summed E-state index contributed by atoms with van der Waals surface area (Å²) in [6.45, 7) is 0. The van der Waals surface area contributed by atoms with Gasteiger partial charge in [-0.25, -0.2) is 14.6 Å². The lowest BCUT2D eigenvalue weighted by atomic mass is 10.1. The van der Waals surface area contributed by atoms with Gasteiger partial charge in [-0.15, -0.1) is 0 Å². The van der Waals surface area contributed by atoms with Crippen LogP contribution in [0.1, 0.15) is 21.5 Å². The first kappa shape index (κ1) is 24.3. The van der Waals surface area contributed by atoms with E-state index in [0.29, 0.717) is 25.8 Å². The topological polar surface area (TPSA) is 117 Å². The van der Waals surface area contributed by atoms with Crippen molar-refractivity contribution in [2.24, 2.45) is 4.99 Å². The molecule has 1 aliphatic heterocycles. The number of cyclic esters (lactones) is 1. The first-order chi connectivity index (χ1) is 16.7. The number of non-ortho nitro benzene ring substituents is 1. The van der Waals surface area contributed by atoms with Gasteiger partial charge in [0.05, 0.1) is 22.1 Å². The summed E-state index contributed by atoms with van der Waals surface area (Å²) >= 11 is 6.75. The molecular weight excluding hydrogens is 588 g/mol. The Kier molecular flexibility index (Phi) is 7.08. The minimum Gasteiger partial charge on any atom is -0.497 e. The SMILES string of the molecule is COc1cccc(C2=N/C(=C\c3cc(Br)cc(Br)c3OC(=O)c3ccc([N+](=O)[O-])cc3)C(=O)O2)c1. The third-order valence-electron chi connectivity index (χ3n) is 4.78. The number of carbonyl (C=O) groups is 2. The van der Waals surface area contributed by atoms with Gasteiger partial charge in [0.1, 0.15) is 5.75 Å². The van der Waals surface area contributed by atoms with Crippen LogP contribution in [0.4, 0.5) is 5.69 Å². The number of aliphatic imine (C=N–C) groups is 1. The van der Waals surface area contributed by atoms with E-state index in [9.17, 15) is 19.7 Å². The molecule has 9 nitrogen and oxygen atoms in total. The molecule has 0 amide bonds. The molecule has 0 unspecified atom stereocenters. The minimum atomic E-state index is -0.739. The van der Waals surface area contributed by atoms with Crippen LogP contribution in [0.25, 0.3) is 6.08 Å². The second-order valence-electron chi connectivity index (χ2n) is 7.07. The van der Waals surface area contributed by atoms with Crippen molar-refractivity contribution in [2.75, 3.05) is 7.11 Å². The van der Waals surface area contributed by atoms with Gasteiger partial charge in [-0.1, -0.05) is 22.0 Å². The standard InChI is InChI=1S/C24H14Br2N2O7/c1-33-18-4-2-3-14(10-18)22-27-20(24(30)35-22)11-15-9-16(25)12-19(26)21(15)34-23(29)13-5-7-17(8-6-13)28(31)32/h2-12H,1H3/b20-11-. The number of nitro benzene ring substituents is 1. The van der Waals surface area contributed by atoms with E-state index in [4.69, 9.17) is 14.2 Å². The Morgan fingerprint density at radius 1 is 1.11 bits per heavy atom. The molecule has 11 heteroatoms. The predicted molar refractivity (Wildman–Crippen MR) is 133 cm³/mol. The van der Waals surface area contributed by atoms with Crippen LogP contribution in [0.15, 0.2) is 80.3 Å². The quantitative estimate of drug-likeness (QED) is 0.117. The van der Waals surface area contributed by atoms with Crippen LogP contribution in [0.5, 0.6) is 11.5 Å². The number of rotatable bonds is 6. The van der Waals surface area contributed by atoms with E-state index in [2.05, 4.69) is 36.9 Å². The fourth-order valence-electron chi connectivity index (χ4n) is 3.10. The van der Waals surface area contributed by atoms with E-state index < -0.39 is 16.9 Å². The van der Waals surface area contributed by atoms with Gasteiger partial charge in [-0.2, -0.15) is 0 Å². The van der Waals surface area contributed by atoms with Gasteiger partial charge >= 0.3 is 11.9 Å². The summed E-state index contributed by atoms with van der Waals surface area (Å²) < 4.78 is 17.2. The number of halogens is 2. The van der Waals surface area contributed by atoms with Crippen molar-refractivity contribution < 1.29 is 28.7 Å². The van der Waals surface area contributed by atoms with Gasteiger partial charge in [0.2, 0.25) is 5.90 Å². The zero-order chi connectivity index (χ0) is 25.1. The maximum atomic E-state index is 12.7. The van der Waals surface area contributed by atoms with Crippen LogP contribution in [0, 0.1) is 10.1 Å². The Bertz CT molecular complexity index is 1420. The monoisotopic (exact) mass is 600 g/mol. The highest BCUT2D eigenvalue weighted by Gasteiger charge is 2.26. The summed E-state index contributed by atoms with van der Waals surface area (Å²) in [5.41, 5.74) is 0.884. The van der Waals surface area contributed by atoms with Crippen LogP contribution >= 0.6 is 31.9 Å². The van der Waals surface area contributed by atoms with E-state index in [-0.39, 0.29) is 28.6 Å². The molecule has 0 aliphatic carbocycles. The van der Waals surface area contributed by atoms with E-state index in [1.54, 1.807) is 36.4 Å². The molecule has 1 aliphatic rings. The normalized spacial score (nSPS) is 13.9. The van der Waals surface area contributed by atoms with Gasteiger partial charge in [0, 0.05) is 27.7 Å². The number of methoxy groups -OCH3 is 1. The lowest BCUT2D eigenvalue weighted by Gasteiger charge is -2.11. The van der Waals surface area contributed by atoms with Crippen molar-refractivity contribution in [3.63, 3.8) is 0 Å². The maximum absolute atomic E-state index is 12.7. The molecule has 0 saturated heterocycles. The summed E-state index contributed by atoms with van der Waals surface area (Å²) in [4.78, 5) is 39.8. The Morgan fingerprint density at radius 2 is 1.86 bits per heavy atom. The van der Waals surface area contributed by atoms with Crippen LogP contribution in [-0.4, -0.2) is 29.9 Å². The number of hydrogen-bond donors (Lipinski definition) is 0. The van der Waals surface area contributed by atoms with Crippen LogP contribution in [-0.2, 0) is 9.53 Å². The summed E-state index contributed by atoms with van der Waals surface area (Å²) in [6.07, 6.45) is 1.43. The van der Waals surface area contributed by atoms with Crippen molar-refractivity contribution in [2.45, 2.75) is 0 Å². The third kappa shape index (κ3) is 5.47. The fraction of sp³-hybridized carbons (Fsp3) is 0.0417. The molecule has 1 heterocycles. The second kappa shape index (κ2) is 10.2. The molecule has 4 rings (SSSR count). The summed E-state index contributed by atoms with van der Waals surface area (Å²) in [7, 11) is 1.53. The van der Waals surface area contributed by atoms with Gasteiger partial charge in [0.25, 0.3) is 5.69 Å². The summed E-state index contributed by atoms with van der Waals surface area (Å²) in [6, 6.07) is 15.2. The van der Waals surface area contributed by atoms with E-state index in [0.717, 1.165) is 0 Å². The smallest absolute Gasteiger partial charge is 0.363 e. The Balaban J connectivity index is 1.67. The average molecular weight is 602 g/mol. The Labute approximate surface area is 215 Å². The highest BCUT2D eigenvalue weighted by Crippen LogP contribution is 2.36. The zero-order valence-electron chi connectivity index (χ0n) is 17.9. The highest BCUT2D eigenvalue weighted by atomic mass is 79.9. The van der Waals surface area contributed by atoms with Crippen LogP contribution in [0.2, 0.25) is 0 Å². The molecular formula is C24H14Br2N2O7. The molecule has 0 atom stereocenters. The van der Waals surface area contributed by atoms with Gasteiger partial charge < -0.3 is 14.2 Å². The van der Waals surface area contributed by atoms with Gasteiger partial charge in [-0.05, 0) is 64.5 Å². The van der Waals surface area contributed by atoms with Crippen molar-refractivity contribution in [3.8, 4) is 11.5 Å². The predicted octanol–water partition coefficient (Wildman–Crippen LogP) is 5.69. The molecule has 176 valence electrons. The molecule has 3 aromatic carbocycles. The summed E-state index contributed by atoms with van der Waals surface area (Å²) in [5, 5.41) is 10.8. The molecule has 0 fully saturated rings. The molecule has 3 aromatic rings.